The van der Waals surface area contributed by atoms with Crippen molar-refractivity contribution in [3.05, 3.63) is 35.8 Å². The lowest BCUT2D eigenvalue weighted by Gasteiger charge is -2.32. The molecule has 0 amide bonds. The van der Waals surface area contributed by atoms with Gasteiger partial charge >= 0.3 is 0 Å². The van der Waals surface area contributed by atoms with Gasteiger partial charge in [-0.2, -0.15) is 5.10 Å². The van der Waals surface area contributed by atoms with Crippen LogP contribution in [0.1, 0.15) is 43.9 Å². The summed E-state index contributed by atoms with van der Waals surface area (Å²) in [5, 5.41) is 4.35. The average molecular weight is 303 g/mol. The van der Waals surface area contributed by atoms with Crippen molar-refractivity contribution in [2.45, 2.75) is 45.6 Å². The van der Waals surface area contributed by atoms with Crippen LogP contribution in [0.4, 0.5) is 10.2 Å². The second-order valence-corrected chi connectivity index (χ2v) is 5.70. The van der Waals surface area contributed by atoms with Crippen LogP contribution >= 0.6 is 0 Å². The van der Waals surface area contributed by atoms with Gasteiger partial charge in [0, 0.05) is 25.8 Å². The van der Waals surface area contributed by atoms with Gasteiger partial charge in [0.15, 0.2) is 11.6 Å². The molecular formula is C16H22FN5. The fourth-order valence-electron chi connectivity index (χ4n) is 3.05. The van der Waals surface area contributed by atoms with Gasteiger partial charge in [-0.1, -0.05) is 6.92 Å². The van der Waals surface area contributed by atoms with Crippen LogP contribution < -0.4 is 4.90 Å². The van der Waals surface area contributed by atoms with Crippen LogP contribution in [0.3, 0.4) is 0 Å². The van der Waals surface area contributed by atoms with Gasteiger partial charge in [0.2, 0.25) is 0 Å². The molecule has 0 bridgehead atoms. The molecule has 1 saturated heterocycles. The third kappa shape index (κ3) is 2.82. The number of anilines is 1. The van der Waals surface area contributed by atoms with E-state index in [1.54, 1.807) is 0 Å². The lowest BCUT2D eigenvalue weighted by atomic mass is 9.91. The maximum atomic E-state index is 14.3. The van der Waals surface area contributed by atoms with Gasteiger partial charge in [-0.05, 0) is 37.7 Å². The van der Waals surface area contributed by atoms with Crippen molar-refractivity contribution < 1.29 is 4.39 Å². The number of rotatable bonds is 4. The quantitative estimate of drug-likeness (QED) is 0.871. The zero-order valence-electron chi connectivity index (χ0n) is 13.2. The molecule has 0 radical (unpaired) electrons. The highest BCUT2D eigenvalue weighted by Crippen LogP contribution is 2.30. The fourth-order valence-corrected chi connectivity index (χ4v) is 3.05. The molecule has 118 valence electrons. The summed E-state index contributed by atoms with van der Waals surface area (Å²) < 4.78 is 16.3. The molecule has 2 aromatic heterocycles. The Morgan fingerprint density at radius 3 is 2.64 bits per heavy atom. The van der Waals surface area contributed by atoms with Crippen molar-refractivity contribution >= 4 is 5.82 Å². The minimum atomic E-state index is -0.262. The van der Waals surface area contributed by atoms with E-state index >= 15 is 0 Å². The van der Waals surface area contributed by atoms with Gasteiger partial charge in [-0.25, -0.2) is 14.4 Å². The van der Waals surface area contributed by atoms with Gasteiger partial charge in [0.05, 0.1) is 11.9 Å². The molecule has 3 rings (SSSR count). The summed E-state index contributed by atoms with van der Waals surface area (Å²) in [4.78, 5) is 10.2. The maximum absolute atomic E-state index is 14.3. The molecule has 0 spiro atoms. The van der Waals surface area contributed by atoms with Gasteiger partial charge < -0.3 is 4.90 Å². The molecule has 1 aliphatic heterocycles. The van der Waals surface area contributed by atoms with E-state index in [4.69, 9.17) is 0 Å². The molecular weight excluding hydrogens is 281 g/mol. The van der Waals surface area contributed by atoms with Crippen molar-refractivity contribution in [3.63, 3.8) is 0 Å². The van der Waals surface area contributed by atoms with Gasteiger partial charge in [-0.3, -0.25) is 4.68 Å². The van der Waals surface area contributed by atoms with Crippen LogP contribution in [-0.2, 0) is 13.0 Å². The summed E-state index contributed by atoms with van der Waals surface area (Å²) in [6.45, 7) is 6.53. The first-order valence-corrected chi connectivity index (χ1v) is 7.99. The Morgan fingerprint density at radius 1 is 1.23 bits per heavy atom. The van der Waals surface area contributed by atoms with E-state index in [2.05, 4.69) is 28.2 Å². The average Bonchev–Trinajstić information content (AvgIpc) is 3.04. The molecule has 0 aliphatic carbocycles. The van der Waals surface area contributed by atoms with E-state index in [1.165, 1.54) is 11.9 Å². The first-order chi connectivity index (χ1) is 10.7. The summed E-state index contributed by atoms with van der Waals surface area (Å²) in [5.41, 5.74) is 1.79. The van der Waals surface area contributed by atoms with E-state index < -0.39 is 0 Å². The van der Waals surface area contributed by atoms with Crippen LogP contribution in [-0.4, -0.2) is 32.8 Å². The van der Waals surface area contributed by atoms with Crippen LogP contribution in [0.5, 0.6) is 0 Å². The van der Waals surface area contributed by atoms with Crippen molar-refractivity contribution in [1.29, 1.82) is 0 Å². The summed E-state index contributed by atoms with van der Waals surface area (Å²) in [5.74, 6) is 0.698. The van der Waals surface area contributed by atoms with E-state index in [0.717, 1.165) is 32.5 Å². The molecule has 0 N–H and O–H groups in total. The standard InChI is InChI=1S/C16H22FN5/c1-3-14-15(17)16(19-11-18-14)21-7-5-12(6-8-21)13-9-20-22(4-2)10-13/h9-12H,3-8H2,1-2H3. The Kier molecular flexibility index (Phi) is 4.36. The number of hydrogen-bond donors (Lipinski definition) is 0. The second kappa shape index (κ2) is 6.42. The maximum Gasteiger partial charge on any atom is 0.187 e. The second-order valence-electron chi connectivity index (χ2n) is 5.70. The third-order valence-corrected chi connectivity index (χ3v) is 4.42. The molecule has 22 heavy (non-hydrogen) atoms. The normalized spacial score (nSPS) is 16.2. The van der Waals surface area contributed by atoms with Crippen LogP contribution in [0, 0.1) is 5.82 Å². The first-order valence-electron chi connectivity index (χ1n) is 7.99. The Labute approximate surface area is 130 Å². The minimum absolute atomic E-state index is 0.262. The van der Waals surface area contributed by atoms with Crippen molar-refractivity contribution in [2.75, 3.05) is 18.0 Å². The molecule has 0 unspecified atom stereocenters. The van der Waals surface area contributed by atoms with E-state index in [9.17, 15) is 4.39 Å². The lowest BCUT2D eigenvalue weighted by molar-refractivity contribution is 0.489. The lowest BCUT2D eigenvalue weighted by Crippen LogP contribution is -2.34. The number of hydrogen-bond acceptors (Lipinski definition) is 4. The topological polar surface area (TPSA) is 46.8 Å². The van der Waals surface area contributed by atoms with Crippen molar-refractivity contribution in [3.8, 4) is 0 Å². The first kappa shape index (κ1) is 14.9. The molecule has 5 nitrogen and oxygen atoms in total. The van der Waals surface area contributed by atoms with E-state index in [1.807, 2.05) is 22.7 Å². The number of piperidine rings is 1. The number of nitrogens with zero attached hydrogens (tertiary/aromatic N) is 5. The Bertz CT molecular complexity index is 631. The highest BCUT2D eigenvalue weighted by Gasteiger charge is 2.25. The van der Waals surface area contributed by atoms with E-state index in [-0.39, 0.29) is 5.82 Å². The largest absolute Gasteiger partial charge is 0.354 e. The zero-order chi connectivity index (χ0) is 15.5. The van der Waals surface area contributed by atoms with E-state index in [0.29, 0.717) is 23.9 Å². The Morgan fingerprint density at radius 2 is 2.00 bits per heavy atom. The molecule has 0 atom stereocenters. The van der Waals surface area contributed by atoms with Crippen molar-refractivity contribution in [2.24, 2.45) is 0 Å². The molecule has 0 saturated carbocycles. The van der Waals surface area contributed by atoms with Gasteiger partial charge in [0.1, 0.15) is 6.33 Å². The SMILES string of the molecule is CCc1ncnc(N2CCC(c3cnn(CC)c3)CC2)c1F. The smallest absolute Gasteiger partial charge is 0.187 e. The highest BCUT2D eigenvalue weighted by molar-refractivity contribution is 5.41. The number of aromatic nitrogens is 4. The van der Waals surface area contributed by atoms with Crippen molar-refractivity contribution in [1.82, 2.24) is 19.7 Å². The number of halogens is 1. The van der Waals surface area contributed by atoms with Crippen LogP contribution in [0.25, 0.3) is 0 Å². The van der Waals surface area contributed by atoms with Crippen LogP contribution in [0.2, 0.25) is 0 Å². The molecule has 3 heterocycles. The predicted molar refractivity (Wildman–Crippen MR) is 83.5 cm³/mol. The van der Waals surface area contributed by atoms with Gasteiger partial charge in [0.25, 0.3) is 0 Å². The molecule has 1 fully saturated rings. The monoisotopic (exact) mass is 303 g/mol. The van der Waals surface area contributed by atoms with Gasteiger partial charge in [-0.15, -0.1) is 0 Å². The minimum Gasteiger partial charge on any atom is -0.354 e. The predicted octanol–water partition coefficient (Wildman–Crippen LogP) is 2.78. The zero-order valence-corrected chi connectivity index (χ0v) is 13.2. The molecule has 6 heteroatoms. The number of aryl methyl sites for hydroxylation is 2. The summed E-state index contributed by atoms with van der Waals surface area (Å²) in [6, 6.07) is 0. The summed E-state index contributed by atoms with van der Waals surface area (Å²) >= 11 is 0. The van der Waals surface area contributed by atoms with Crippen LogP contribution in [0.15, 0.2) is 18.7 Å². The molecule has 1 aliphatic rings. The molecule has 0 aromatic carbocycles. The summed E-state index contributed by atoms with van der Waals surface area (Å²) in [7, 11) is 0. The Balaban J connectivity index is 1.69. The molecule has 2 aromatic rings. The third-order valence-electron chi connectivity index (χ3n) is 4.42. The fraction of sp³-hybridized carbons (Fsp3) is 0.562. The highest BCUT2D eigenvalue weighted by atomic mass is 19.1. The summed E-state index contributed by atoms with van der Waals surface area (Å²) in [6.07, 6.45) is 8.15. The Hall–Kier alpha value is -1.98.